The highest BCUT2D eigenvalue weighted by atomic mass is 32.2. The lowest BCUT2D eigenvalue weighted by molar-refractivity contribution is 0.583. The highest BCUT2D eigenvalue weighted by Gasteiger charge is 2.16. The van der Waals surface area contributed by atoms with Gasteiger partial charge in [0.2, 0.25) is 10.0 Å². The Balaban J connectivity index is 3.06. The summed E-state index contributed by atoms with van der Waals surface area (Å²) in [5, 5.41) is 6.19. The Morgan fingerprint density at radius 1 is 1.67 bits per heavy atom. The Labute approximate surface area is 71.2 Å². The molecule has 0 atom stereocenters. The summed E-state index contributed by atoms with van der Waals surface area (Å²) >= 11 is 0. The average Bonchev–Trinajstić information content (AvgIpc) is 2.35. The standard InChI is InChI=1S/C6H11N3O2S/c1-3-8-12(10,11)6-4-7-9-5(6)2/h4,8H,3H2,1-2H3,(H,7,9). The summed E-state index contributed by atoms with van der Waals surface area (Å²) < 4.78 is 25.1. The zero-order valence-corrected chi connectivity index (χ0v) is 7.77. The van der Waals surface area contributed by atoms with Crippen LogP contribution in [0.15, 0.2) is 11.1 Å². The van der Waals surface area contributed by atoms with Crippen LogP contribution in [0.4, 0.5) is 0 Å². The SMILES string of the molecule is CCNS(=O)(=O)c1cn[nH]c1C. The zero-order chi connectivity index (χ0) is 9.19. The monoisotopic (exact) mass is 189 g/mol. The van der Waals surface area contributed by atoms with E-state index in [4.69, 9.17) is 0 Å². The number of sulfonamides is 1. The normalized spacial score (nSPS) is 11.8. The van der Waals surface area contributed by atoms with Crippen molar-refractivity contribution >= 4 is 10.0 Å². The molecular formula is C6H11N3O2S. The molecule has 1 aromatic heterocycles. The molecule has 0 radical (unpaired) electrons. The van der Waals surface area contributed by atoms with Crippen LogP contribution in [0.25, 0.3) is 0 Å². The van der Waals surface area contributed by atoms with E-state index >= 15 is 0 Å². The summed E-state index contributed by atoms with van der Waals surface area (Å²) in [7, 11) is -3.34. The first-order chi connectivity index (χ1) is 5.58. The van der Waals surface area contributed by atoms with Crippen molar-refractivity contribution in [3.63, 3.8) is 0 Å². The molecule has 0 amide bonds. The lowest BCUT2D eigenvalue weighted by atomic mass is 10.5. The fourth-order valence-corrected chi connectivity index (χ4v) is 2.05. The maximum atomic E-state index is 11.3. The summed E-state index contributed by atoms with van der Waals surface area (Å²) in [6, 6.07) is 0. The minimum atomic E-state index is -3.34. The number of nitrogens with one attached hydrogen (secondary N) is 2. The molecular weight excluding hydrogens is 178 g/mol. The molecule has 0 saturated carbocycles. The molecule has 0 spiro atoms. The van der Waals surface area contributed by atoms with E-state index in [-0.39, 0.29) is 4.90 Å². The number of H-pyrrole nitrogens is 1. The van der Waals surface area contributed by atoms with Gasteiger partial charge in [0.15, 0.2) is 0 Å². The number of nitrogens with zero attached hydrogens (tertiary/aromatic N) is 1. The van der Waals surface area contributed by atoms with E-state index in [1.807, 2.05) is 0 Å². The number of hydrogen-bond acceptors (Lipinski definition) is 3. The predicted octanol–water partition coefficient (Wildman–Crippen LogP) is 0.0163. The lowest BCUT2D eigenvalue weighted by Crippen LogP contribution is -2.23. The molecule has 0 aliphatic rings. The smallest absolute Gasteiger partial charge is 0.243 e. The van der Waals surface area contributed by atoms with Crippen molar-refractivity contribution in [1.29, 1.82) is 0 Å². The third kappa shape index (κ3) is 1.64. The Kier molecular flexibility index (Phi) is 2.49. The quantitative estimate of drug-likeness (QED) is 0.703. The van der Waals surface area contributed by atoms with E-state index < -0.39 is 10.0 Å². The van der Waals surface area contributed by atoms with Gasteiger partial charge in [0.25, 0.3) is 0 Å². The Hall–Kier alpha value is -0.880. The van der Waals surface area contributed by atoms with Gasteiger partial charge in [-0.2, -0.15) is 5.10 Å². The second-order valence-electron chi connectivity index (χ2n) is 2.36. The minimum Gasteiger partial charge on any atom is -0.281 e. The van der Waals surface area contributed by atoms with Crippen LogP contribution in [0, 0.1) is 6.92 Å². The van der Waals surface area contributed by atoms with Crippen LogP contribution < -0.4 is 4.72 Å². The van der Waals surface area contributed by atoms with Crippen molar-refractivity contribution in [1.82, 2.24) is 14.9 Å². The summed E-state index contributed by atoms with van der Waals surface area (Å²) in [5.74, 6) is 0. The molecule has 0 bridgehead atoms. The van der Waals surface area contributed by atoms with Crippen LogP contribution in [0.2, 0.25) is 0 Å². The van der Waals surface area contributed by atoms with E-state index in [9.17, 15) is 8.42 Å². The predicted molar refractivity (Wildman–Crippen MR) is 44.2 cm³/mol. The fourth-order valence-electron chi connectivity index (χ4n) is 0.878. The first-order valence-electron chi connectivity index (χ1n) is 3.57. The Morgan fingerprint density at radius 2 is 2.33 bits per heavy atom. The van der Waals surface area contributed by atoms with Crippen LogP contribution >= 0.6 is 0 Å². The third-order valence-electron chi connectivity index (χ3n) is 1.41. The fraction of sp³-hybridized carbons (Fsp3) is 0.500. The van der Waals surface area contributed by atoms with Crippen molar-refractivity contribution in [2.75, 3.05) is 6.54 Å². The van der Waals surface area contributed by atoms with Crippen molar-refractivity contribution in [3.8, 4) is 0 Å². The number of rotatable bonds is 3. The van der Waals surface area contributed by atoms with E-state index in [2.05, 4.69) is 14.9 Å². The molecule has 2 N–H and O–H groups in total. The minimum absolute atomic E-state index is 0.212. The molecule has 12 heavy (non-hydrogen) atoms. The highest BCUT2D eigenvalue weighted by Crippen LogP contribution is 2.09. The van der Waals surface area contributed by atoms with Gasteiger partial charge in [-0.25, -0.2) is 13.1 Å². The Morgan fingerprint density at radius 3 is 2.75 bits per heavy atom. The van der Waals surface area contributed by atoms with Gasteiger partial charge in [-0.05, 0) is 6.92 Å². The second-order valence-corrected chi connectivity index (χ2v) is 4.10. The van der Waals surface area contributed by atoms with Gasteiger partial charge in [0, 0.05) is 6.54 Å². The number of aryl methyl sites for hydroxylation is 1. The van der Waals surface area contributed by atoms with Gasteiger partial charge in [0.05, 0.1) is 11.9 Å². The molecule has 1 aromatic rings. The molecule has 0 fully saturated rings. The van der Waals surface area contributed by atoms with Gasteiger partial charge in [-0.15, -0.1) is 0 Å². The number of aromatic nitrogens is 2. The third-order valence-corrected chi connectivity index (χ3v) is 3.07. The molecule has 0 saturated heterocycles. The van der Waals surface area contributed by atoms with Crippen molar-refractivity contribution in [2.24, 2.45) is 0 Å². The molecule has 1 heterocycles. The van der Waals surface area contributed by atoms with Crippen LogP contribution in [0.3, 0.4) is 0 Å². The maximum absolute atomic E-state index is 11.3. The maximum Gasteiger partial charge on any atom is 0.243 e. The molecule has 0 aliphatic heterocycles. The molecule has 0 unspecified atom stereocenters. The first-order valence-corrected chi connectivity index (χ1v) is 5.06. The van der Waals surface area contributed by atoms with Crippen molar-refractivity contribution in [2.45, 2.75) is 18.7 Å². The second kappa shape index (κ2) is 3.24. The van der Waals surface area contributed by atoms with E-state index in [1.165, 1.54) is 6.20 Å². The van der Waals surface area contributed by atoms with Gasteiger partial charge < -0.3 is 0 Å². The zero-order valence-electron chi connectivity index (χ0n) is 6.96. The summed E-state index contributed by atoms with van der Waals surface area (Å²) in [4.78, 5) is 0.212. The topological polar surface area (TPSA) is 74.8 Å². The lowest BCUT2D eigenvalue weighted by Gasteiger charge is -2.01. The van der Waals surface area contributed by atoms with E-state index in [0.29, 0.717) is 12.2 Å². The Bertz CT molecular complexity index is 355. The van der Waals surface area contributed by atoms with Crippen molar-refractivity contribution < 1.29 is 8.42 Å². The number of hydrogen-bond donors (Lipinski definition) is 2. The van der Waals surface area contributed by atoms with Crippen LogP contribution in [-0.4, -0.2) is 25.2 Å². The van der Waals surface area contributed by atoms with Gasteiger partial charge in [-0.1, -0.05) is 6.92 Å². The largest absolute Gasteiger partial charge is 0.281 e. The van der Waals surface area contributed by atoms with Crippen molar-refractivity contribution in [3.05, 3.63) is 11.9 Å². The molecule has 5 nitrogen and oxygen atoms in total. The average molecular weight is 189 g/mol. The van der Waals surface area contributed by atoms with Crippen LogP contribution in [0.1, 0.15) is 12.6 Å². The summed E-state index contributed by atoms with van der Waals surface area (Å²) in [5.41, 5.74) is 0.552. The van der Waals surface area contributed by atoms with Gasteiger partial charge in [0.1, 0.15) is 4.90 Å². The van der Waals surface area contributed by atoms with E-state index in [0.717, 1.165) is 0 Å². The van der Waals surface area contributed by atoms with E-state index in [1.54, 1.807) is 13.8 Å². The molecule has 0 aliphatic carbocycles. The van der Waals surface area contributed by atoms with Crippen LogP contribution in [0.5, 0.6) is 0 Å². The molecule has 6 heteroatoms. The summed E-state index contributed by atoms with van der Waals surface area (Å²) in [6.45, 7) is 3.77. The first kappa shape index (κ1) is 9.21. The molecule has 68 valence electrons. The highest BCUT2D eigenvalue weighted by molar-refractivity contribution is 7.89. The van der Waals surface area contributed by atoms with Crippen LogP contribution in [-0.2, 0) is 10.0 Å². The molecule has 0 aromatic carbocycles. The molecule has 1 rings (SSSR count). The summed E-state index contributed by atoms with van der Waals surface area (Å²) in [6.07, 6.45) is 1.30. The van der Waals surface area contributed by atoms with Gasteiger partial charge in [-0.3, -0.25) is 5.10 Å². The number of aromatic amines is 1. The van der Waals surface area contributed by atoms with Gasteiger partial charge >= 0.3 is 0 Å².